The van der Waals surface area contributed by atoms with E-state index in [0.717, 1.165) is 13.0 Å². The maximum Gasteiger partial charge on any atom is 0.107 e. The van der Waals surface area contributed by atoms with Crippen LogP contribution in [-0.4, -0.2) is 30.9 Å². The molecular formula is C10H21NO2S. The zero-order valence-corrected chi connectivity index (χ0v) is 10.1. The zero-order chi connectivity index (χ0) is 11.0. The van der Waals surface area contributed by atoms with E-state index in [4.69, 9.17) is 27.4 Å². The van der Waals surface area contributed by atoms with E-state index in [1.807, 2.05) is 6.92 Å². The van der Waals surface area contributed by atoms with Crippen molar-refractivity contribution in [3.05, 3.63) is 0 Å². The Bertz CT molecular complexity index is 162. The molecule has 0 saturated heterocycles. The van der Waals surface area contributed by atoms with Gasteiger partial charge >= 0.3 is 0 Å². The molecule has 0 aliphatic rings. The number of hydrogen-bond donors (Lipinski definition) is 1. The molecule has 0 heterocycles. The van der Waals surface area contributed by atoms with Gasteiger partial charge in [0.05, 0.1) is 13.2 Å². The summed E-state index contributed by atoms with van der Waals surface area (Å²) in [5.41, 5.74) is 5.48. The third-order valence-electron chi connectivity index (χ3n) is 1.69. The highest BCUT2D eigenvalue weighted by atomic mass is 32.1. The van der Waals surface area contributed by atoms with Crippen LogP contribution < -0.4 is 5.73 Å². The van der Waals surface area contributed by atoms with Crippen molar-refractivity contribution in [3.63, 3.8) is 0 Å². The summed E-state index contributed by atoms with van der Waals surface area (Å²) in [6.07, 6.45) is 0.715. The highest BCUT2D eigenvalue weighted by Crippen LogP contribution is 1.98. The lowest BCUT2D eigenvalue weighted by atomic mass is 10.2. The number of rotatable bonds is 8. The van der Waals surface area contributed by atoms with E-state index < -0.39 is 0 Å². The van der Waals surface area contributed by atoms with E-state index in [-0.39, 0.29) is 6.10 Å². The predicted molar refractivity (Wildman–Crippen MR) is 62.5 cm³/mol. The highest BCUT2D eigenvalue weighted by Gasteiger charge is 2.08. The minimum atomic E-state index is -0.104. The molecular weight excluding hydrogens is 198 g/mol. The molecule has 0 aromatic rings. The molecule has 0 radical (unpaired) electrons. The highest BCUT2D eigenvalue weighted by molar-refractivity contribution is 7.80. The van der Waals surface area contributed by atoms with Gasteiger partial charge in [-0.25, -0.2) is 0 Å². The molecule has 1 unspecified atom stereocenters. The Labute approximate surface area is 91.9 Å². The first-order valence-corrected chi connectivity index (χ1v) is 5.47. The van der Waals surface area contributed by atoms with Crippen molar-refractivity contribution < 1.29 is 9.47 Å². The standard InChI is InChI=1S/C10H21NO2S/c1-4-9(10(11)14)13-6-5-12-7-8(2)3/h8-9H,4-7H2,1-3H3,(H2,11,14). The van der Waals surface area contributed by atoms with Crippen LogP contribution in [0.2, 0.25) is 0 Å². The fourth-order valence-corrected chi connectivity index (χ4v) is 1.20. The second kappa shape index (κ2) is 8.15. The number of nitrogens with two attached hydrogens (primary N) is 1. The molecule has 0 rings (SSSR count). The summed E-state index contributed by atoms with van der Waals surface area (Å²) in [4.78, 5) is 0.427. The van der Waals surface area contributed by atoms with E-state index >= 15 is 0 Å². The Hall–Kier alpha value is -0.190. The van der Waals surface area contributed by atoms with Crippen molar-refractivity contribution in [2.24, 2.45) is 11.7 Å². The Morgan fingerprint density at radius 2 is 2.00 bits per heavy atom. The zero-order valence-electron chi connectivity index (χ0n) is 9.29. The van der Waals surface area contributed by atoms with E-state index in [2.05, 4.69) is 13.8 Å². The lowest BCUT2D eigenvalue weighted by molar-refractivity contribution is 0.0216. The first-order valence-electron chi connectivity index (χ1n) is 5.06. The van der Waals surface area contributed by atoms with E-state index in [0.29, 0.717) is 24.1 Å². The van der Waals surface area contributed by atoms with Gasteiger partial charge < -0.3 is 15.2 Å². The van der Waals surface area contributed by atoms with Gasteiger partial charge in [0.2, 0.25) is 0 Å². The summed E-state index contributed by atoms with van der Waals surface area (Å²) in [5, 5.41) is 0. The molecule has 0 spiro atoms. The third kappa shape index (κ3) is 7.24. The Morgan fingerprint density at radius 1 is 1.36 bits per heavy atom. The average molecular weight is 219 g/mol. The topological polar surface area (TPSA) is 44.5 Å². The summed E-state index contributed by atoms with van der Waals surface area (Å²) in [7, 11) is 0. The van der Waals surface area contributed by atoms with Crippen LogP contribution in [0.5, 0.6) is 0 Å². The van der Waals surface area contributed by atoms with Crippen LogP contribution in [0.25, 0.3) is 0 Å². The SMILES string of the molecule is CCC(OCCOCC(C)C)C(N)=S. The number of hydrogen-bond acceptors (Lipinski definition) is 3. The molecule has 1 atom stereocenters. The van der Waals surface area contributed by atoms with Gasteiger partial charge in [0.25, 0.3) is 0 Å². The Kier molecular flexibility index (Phi) is 8.04. The molecule has 0 fully saturated rings. The van der Waals surface area contributed by atoms with Crippen molar-refractivity contribution in [2.45, 2.75) is 33.3 Å². The Morgan fingerprint density at radius 3 is 2.43 bits per heavy atom. The molecule has 0 aromatic carbocycles. The van der Waals surface area contributed by atoms with Crippen molar-refractivity contribution in [2.75, 3.05) is 19.8 Å². The largest absolute Gasteiger partial charge is 0.391 e. The van der Waals surface area contributed by atoms with E-state index in [1.54, 1.807) is 0 Å². The van der Waals surface area contributed by atoms with Crippen LogP contribution in [0.4, 0.5) is 0 Å². The molecule has 2 N–H and O–H groups in total. The van der Waals surface area contributed by atoms with E-state index in [9.17, 15) is 0 Å². The van der Waals surface area contributed by atoms with Gasteiger partial charge in [-0.15, -0.1) is 0 Å². The normalized spacial score (nSPS) is 13.1. The van der Waals surface area contributed by atoms with Crippen LogP contribution in [0.3, 0.4) is 0 Å². The molecule has 14 heavy (non-hydrogen) atoms. The first-order chi connectivity index (χ1) is 6.57. The molecule has 0 aliphatic heterocycles. The van der Waals surface area contributed by atoms with Crippen LogP contribution in [0, 0.1) is 5.92 Å². The maximum absolute atomic E-state index is 5.48. The minimum absolute atomic E-state index is 0.104. The molecule has 4 heteroatoms. The minimum Gasteiger partial charge on any atom is -0.391 e. The lowest BCUT2D eigenvalue weighted by Crippen LogP contribution is -2.30. The van der Waals surface area contributed by atoms with Gasteiger partial charge in [-0.1, -0.05) is 33.0 Å². The molecule has 0 aromatic heterocycles. The first kappa shape index (κ1) is 13.8. The summed E-state index contributed by atoms with van der Waals surface area (Å²) in [6, 6.07) is 0. The average Bonchev–Trinajstić information content (AvgIpc) is 2.10. The molecule has 0 bridgehead atoms. The monoisotopic (exact) mass is 219 g/mol. The second-order valence-corrected chi connectivity index (χ2v) is 4.11. The fourth-order valence-electron chi connectivity index (χ4n) is 0.970. The number of ether oxygens (including phenoxy) is 2. The van der Waals surface area contributed by atoms with Gasteiger partial charge in [0.1, 0.15) is 11.1 Å². The van der Waals surface area contributed by atoms with Gasteiger partial charge in [-0.05, 0) is 12.3 Å². The van der Waals surface area contributed by atoms with Gasteiger partial charge in [0, 0.05) is 6.61 Å². The molecule has 0 saturated carbocycles. The van der Waals surface area contributed by atoms with Crippen molar-refractivity contribution in [1.82, 2.24) is 0 Å². The van der Waals surface area contributed by atoms with Crippen LogP contribution in [0.1, 0.15) is 27.2 Å². The smallest absolute Gasteiger partial charge is 0.107 e. The van der Waals surface area contributed by atoms with Crippen molar-refractivity contribution in [3.8, 4) is 0 Å². The lowest BCUT2D eigenvalue weighted by Gasteiger charge is -2.14. The predicted octanol–water partition coefficient (Wildman–Crippen LogP) is 1.74. The summed E-state index contributed by atoms with van der Waals surface area (Å²) >= 11 is 4.85. The fraction of sp³-hybridized carbons (Fsp3) is 0.900. The van der Waals surface area contributed by atoms with E-state index in [1.165, 1.54) is 0 Å². The third-order valence-corrected chi connectivity index (χ3v) is 1.95. The molecule has 0 aliphatic carbocycles. The second-order valence-electron chi connectivity index (χ2n) is 3.64. The van der Waals surface area contributed by atoms with Crippen molar-refractivity contribution in [1.29, 1.82) is 0 Å². The van der Waals surface area contributed by atoms with Gasteiger partial charge in [0.15, 0.2) is 0 Å². The molecule has 84 valence electrons. The quantitative estimate of drug-likeness (QED) is 0.499. The summed E-state index contributed by atoms with van der Waals surface area (Å²) in [5.74, 6) is 0.563. The number of thiocarbonyl (C=S) groups is 1. The van der Waals surface area contributed by atoms with Gasteiger partial charge in [-0.2, -0.15) is 0 Å². The van der Waals surface area contributed by atoms with Crippen molar-refractivity contribution >= 4 is 17.2 Å². The Balaban J connectivity index is 3.38. The molecule has 3 nitrogen and oxygen atoms in total. The summed E-state index contributed by atoms with van der Waals surface area (Å²) in [6.45, 7) is 8.17. The maximum atomic E-state index is 5.48. The summed E-state index contributed by atoms with van der Waals surface area (Å²) < 4.78 is 10.8. The van der Waals surface area contributed by atoms with Crippen LogP contribution >= 0.6 is 12.2 Å². The van der Waals surface area contributed by atoms with Crippen LogP contribution in [-0.2, 0) is 9.47 Å². The molecule has 0 amide bonds. The van der Waals surface area contributed by atoms with Gasteiger partial charge in [-0.3, -0.25) is 0 Å². The van der Waals surface area contributed by atoms with Crippen LogP contribution in [0.15, 0.2) is 0 Å².